The monoisotopic (exact) mass is 428 g/mol. The van der Waals surface area contributed by atoms with E-state index in [1.807, 2.05) is 4.90 Å². The van der Waals surface area contributed by atoms with Crippen molar-refractivity contribution in [3.63, 3.8) is 0 Å². The molecule has 31 heavy (non-hydrogen) atoms. The van der Waals surface area contributed by atoms with Crippen LogP contribution in [-0.4, -0.2) is 72.7 Å². The minimum atomic E-state index is -0.0559. The van der Waals surface area contributed by atoms with Crippen molar-refractivity contribution >= 4 is 11.9 Å². The summed E-state index contributed by atoms with van der Waals surface area (Å²) < 4.78 is 17.2. The maximum atomic E-state index is 12.9. The van der Waals surface area contributed by atoms with E-state index >= 15 is 0 Å². The molecule has 1 spiro atoms. The normalized spacial score (nSPS) is 42.2. The van der Waals surface area contributed by atoms with Gasteiger partial charge in [-0.1, -0.05) is 6.92 Å². The van der Waals surface area contributed by atoms with Crippen molar-refractivity contribution in [2.75, 3.05) is 39.3 Å². The van der Waals surface area contributed by atoms with Crippen LogP contribution in [0.3, 0.4) is 0 Å². The van der Waals surface area contributed by atoms with Gasteiger partial charge in [-0.15, -0.1) is 0 Å². The van der Waals surface area contributed by atoms with Crippen LogP contribution in [0.5, 0.6) is 0 Å². The summed E-state index contributed by atoms with van der Waals surface area (Å²) in [5.41, 5.74) is 0.328. The maximum absolute atomic E-state index is 12.9. The second kappa shape index (κ2) is 7.07. The number of piperazine rings is 1. The molecule has 3 saturated heterocycles. The standard InChI is InChI=1S/C24H32N2O5/c1-23-5-3-6-24(15-30-24)20(23)12-16-17(22(28)31-19(16)13-23)14-25-7-9-26(10-8-25)21(27)18-4-2-11-29-18/h2,4,11,16-17,19-20H,3,5-10,12-15H2,1H3/t16-,17?,19-,20-,23-,24?/m1/s1. The van der Waals surface area contributed by atoms with Crippen LogP contribution in [0.4, 0.5) is 0 Å². The lowest BCUT2D eigenvalue weighted by Crippen LogP contribution is -2.53. The Morgan fingerprint density at radius 2 is 2.03 bits per heavy atom. The molecule has 1 aromatic heterocycles. The molecule has 2 saturated carbocycles. The Morgan fingerprint density at radius 3 is 2.74 bits per heavy atom. The van der Waals surface area contributed by atoms with Gasteiger partial charge in [-0.3, -0.25) is 14.5 Å². The summed E-state index contributed by atoms with van der Waals surface area (Å²) in [4.78, 5) is 29.6. The lowest BCUT2D eigenvalue weighted by atomic mass is 9.53. The first-order chi connectivity index (χ1) is 15.0. The van der Waals surface area contributed by atoms with E-state index in [0.717, 1.165) is 39.1 Å². The summed E-state index contributed by atoms with van der Waals surface area (Å²) in [6.45, 7) is 6.91. The van der Waals surface area contributed by atoms with E-state index in [1.54, 1.807) is 12.1 Å². The molecule has 3 aliphatic heterocycles. The third-order valence-electron chi connectivity index (χ3n) is 8.93. The molecule has 0 N–H and O–H groups in total. The first-order valence-electron chi connectivity index (χ1n) is 11.9. The van der Waals surface area contributed by atoms with Gasteiger partial charge in [0, 0.05) is 38.6 Å². The van der Waals surface area contributed by atoms with E-state index in [4.69, 9.17) is 13.9 Å². The van der Waals surface area contributed by atoms with E-state index in [9.17, 15) is 9.59 Å². The molecule has 5 fully saturated rings. The molecule has 6 rings (SSSR count). The Morgan fingerprint density at radius 1 is 1.23 bits per heavy atom. The van der Waals surface area contributed by atoms with Crippen LogP contribution >= 0.6 is 0 Å². The number of carbonyl (C=O) groups excluding carboxylic acids is 2. The van der Waals surface area contributed by atoms with Crippen molar-refractivity contribution in [1.82, 2.24) is 9.80 Å². The summed E-state index contributed by atoms with van der Waals surface area (Å²) in [5.74, 6) is 1.12. The number of esters is 1. The minimum Gasteiger partial charge on any atom is -0.462 e. The smallest absolute Gasteiger partial charge is 0.310 e. The quantitative estimate of drug-likeness (QED) is 0.544. The van der Waals surface area contributed by atoms with Gasteiger partial charge in [0.2, 0.25) is 0 Å². The average molecular weight is 429 g/mol. The zero-order chi connectivity index (χ0) is 21.2. The highest BCUT2D eigenvalue weighted by atomic mass is 16.6. The van der Waals surface area contributed by atoms with Gasteiger partial charge in [0.25, 0.3) is 5.91 Å². The van der Waals surface area contributed by atoms with E-state index in [0.29, 0.717) is 30.7 Å². The highest BCUT2D eigenvalue weighted by molar-refractivity contribution is 5.91. The Kier molecular flexibility index (Phi) is 4.52. The van der Waals surface area contributed by atoms with E-state index < -0.39 is 0 Å². The molecule has 4 heterocycles. The van der Waals surface area contributed by atoms with Gasteiger partial charge >= 0.3 is 5.97 Å². The Hall–Kier alpha value is -1.86. The molecule has 6 atom stereocenters. The van der Waals surface area contributed by atoms with Crippen molar-refractivity contribution in [3.8, 4) is 0 Å². The fourth-order valence-corrected chi connectivity index (χ4v) is 7.13. The fraction of sp³-hybridized carbons (Fsp3) is 0.750. The van der Waals surface area contributed by atoms with Gasteiger partial charge < -0.3 is 18.8 Å². The van der Waals surface area contributed by atoms with Gasteiger partial charge in [-0.2, -0.15) is 0 Å². The van der Waals surface area contributed by atoms with Gasteiger partial charge in [0.15, 0.2) is 5.76 Å². The van der Waals surface area contributed by atoms with Gasteiger partial charge in [0.05, 0.1) is 24.4 Å². The Balaban J connectivity index is 1.11. The first kappa shape index (κ1) is 19.8. The number of carbonyl (C=O) groups is 2. The number of nitrogens with zero attached hydrogens (tertiary/aromatic N) is 2. The number of amides is 1. The van der Waals surface area contributed by atoms with Crippen molar-refractivity contribution in [1.29, 1.82) is 0 Å². The number of fused-ring (bicyclic) bond motifs is 3. The molecular weight excluding hydrogens is 396 g/mol. The van der Waals surface area contributed by atoms with Gasteiger partial charge in [0.1, 0.15) is 6.10 Å². The van der Waals surface area contributed by atoms with Crippen LogP contribution in [0.15, 0.2) is 22.8 Å². The SMILES string of the molecule is C[C@]12CCCC3(CO3)[C@@H]1C[C@@H]1C(CN3CCN(C(=O)c4ccco4)CC3)C(=O)O[C@@H]1C2. The summed E-state index contributed by atoms with van der Waals surface area (Å²) in [7, 11) is 0. The number of furan rings is 1. The molecule has 7 heteroatoms. The second-order valence-electron chi connectivity index (χ2n) is 10.7. The summed E-state index contributed by atoms with van der Waals surface area (Å²) in [6.07, 6.45) is 7.26. The predicted molar refractivity (Wildman–Crippen MR) is 111 cm³/mol. The molecule has 5 aliphatic rings. The predicted octanol–water partition coefficient (Wildman–Crippen LogP) is 2.56. The van der Waals surface area contributed by atoms with E-state index in [2.05, 4.69) is 11.8 Å². The molecule has 0 radical (unpaired) electrons. The van der Waals surface area contributed by atoms with Crippen molar-refractivity contribution in [3.05, 3.63) is 24.2 Å². The van der Waals surface area contributed by atoms with Crippen LogP contribution in [-0.2, 0) is 14.3 Å². The second-order valence-corrected chi connectivity index (χ2v) is 10.7. The number of hydrogen-bond acceptors (Lipinski definition) is 6. The number of hydrogen-bond donors (Lipinski definition) is 0. The van der Waals surface area contributed by atoms with E-state index in [1.165, 1.54) is 25.5 Å². The molecule has 7 nitrogen and oxygen atoms in total. The average Bonchev–Trinajstić information content (AvgIpc) is 3.19. The van der Waals surface area contributed by atoms with Crippen LogP contribution in [0.25, 0.3) is 0 Å². The minimum absolute atomic E-state index is 0.0166. The molecule has 0 aromatic carbocycles. The van der Waals surface area contributed by atoms with Crippen molar-refractivity contribution in [2.24, 2.45) is 23.2 Å². The maximum Gasteiger partial charge on any atom is 0.310 e. The molecule has 1 aromatic rings. The first-order valence-corrected chi connectivity index (χ1v) is 11.9. The summed E-state index contributed by atoms with van der Waals surface area (Å²) in [5, 5.41) is 0. The molecule has 168 valence electrons. The fourth-order valence-electron chi connectivity index (χ4n) is 7.13. The largest absolute Gasteiger partial charge is 0.462 e. The molecular formula is C24H32N2O5. The van der Waals surface area contributed by atoms with Crippen LogP contribution in [0, 0.1) is 23.2 Å². The number of rotatable bonds is 3. The molecule has 2 aliphatic carbocycles. The molecule has 2 unspecified atom stereocenters. The zero-order valence-corrected chi connectivity index (χ0v) is 18.3. The van der Waals surface area contributed by atoms with Crippen molar-refractivity contribution < 1.29 is 23.5 Å². The lowest BCUT2D eigenvalue weighted by molar-refractivity contribution is -0.147. The van der Waals surface area contributed by atoms with Gasteiger partial charge in [-0.05, 0) is 55.6 Å². The Labute approximate surface area is 183 Å². The Bertz CT molecular complexity index is 857. The highest BCUT2D eigenvalue weighted by Gasteiger charge is 2.65. The van der Waals surface area contributed by atoms with Crippen molar-refractivity contribution in [2.45, 2.75) is 50.7 Å². The van der Waals surface area contributed by atoms with Crippen LogP contribution in [0.1, 0.15) is 49.6 Å². The van der Waals surface area contributed by atoms with E-state index in [-0.39, 0.29) is 34.9 Å². The summed E-state index contributed by atoms with van der Waals surface area (Å²) in [6, 6.07) is 3.45. The van der Waals surface area contributed by atoms with Crippen LogP contribution in [0.2, 0.25) is 0 Å². The summed E-state index contributed by atoms with van der Waals surface area (Å²) >= 11 is 0. The lowest BCUT2D eigenvalue weighted by Gasteiger charge is -2.51. The number of epoxide rings is 1. The highest BCUT2D eigenvalue weighted by Crippen LogP contribution is 2.62. The van der Waals surface area contributed by atoms with Crippen LogP contribution < -0.4 is 0 Å². The molecule has 0 bridgehead atoms. The zero-order valence-electron chi connectivity index (χ0n) is 18.3. The topological polar surface area (TPSA) is 75.5 Å². The third-order valence-corrected chi connectivity index (χ3v) is 8.93. The third kappa shape index (κ3) is 3.23. The van der Waals surface area contributed by atoms with Gasteiger partial charge in [-0.25, -0.2) is 0 Å². The number of ether oxygens (including phenoxy) is 2. The molecule has 1 amide bonds.